The van der Waals surface area contributed by atoms with Crippen molar-refractivity contribution in [3.8, 4) is 5.88 Å². The third-order valence-electron chi connectivity index (χ3n) is 5.27. The Hall–Kier alpha value is -1.63. The quantitative estimate of drug-likeness (QED) is 0.679. The molecule has 0 saturated carbocycles. The van der Waals surface area contributed by atoms with E-state index in [1.807, 2.05) is 25.1 Å². The molecule has 0 spiro atoms. The summed E-state index contributed by atoms with van der Waals surface area (Å²) < 4.78 is 1.57. The molecular weight excluding hydrogens is 380 g/mol. The van der Waals surface area contributed by atoms with Crippen LogP contribution < -0.4 is 0 Å². The van der Waals surface area contributed by atoms with Crippen molar-refractivity contribution >= 4 is 27.9 Å². The molecule has 1 aromatic carbocycles. The number of nitrogens with zero attached hydrogens (tertiary/aromatic N) is 4. The van der Waals surface area contributed by atoms with Gasteiger partial charge in [-0.25, -0.2) is 4.98 Å². The standard InChI is InChI=1S/C20H25ClN4OS/c1-4-16-22-20-25(23-16)19(26)18(27-20)17(14-7-5-6-8-15(14)21)24-10-12(2)9-13(3)11-24/h5-8,12-13,17,26H,4,9-11H2,1-3H3. The van der Waals surface area contributed by atoms with Gasteiger partial charge in [0.25, 0.3) is 0 Å². The Kier molecular flexibility index (Phi) is 5.14. The molecule has 5 nitrogen and oxygen atoms in total. The number of aromatic nitrogens is 3. The minimum Gasteiger partial charge on any atom is -0.492 e. The van der Waals surface area contributed by atoms with E-state index in [-0.39, 0.29) is 11.9 Å². The Morgan fingerprint density at radius 2 is 1.96 bits per heavy atom. The van der Waals surface area contributed by atoms with Crippen molar-refractivity contribution in [2.45, 2.75) is 39.7 Å². The van der Waals surface area contributed by atoms with E-state index >= 15 is 0 Å². The molecule has 4 rings (SSSR count). The summed E-state index contributed by atoms with van der Waals surface area (Å²) in [7, 11) is 0. The number of hydrogen-bond donors (Lipinski definition) is 1. The highest BCUT2D eigenvalue weighted by Crippen LogP contribution is 2.43. The van der Waals surface area contributed by atoms with Crippen molar-refractivity contribution in [2.75, 3.05) is 13.1 Å². The molecule has 1 saturated heterocycles. The maximum atomic E-state index is 11.0. The second-order valence-corrected chi connectivity index (χ2v) is 9.11. The molecule has 0 aliphatic carbocycles. The van der Waals surface area contributed by atoms with Gasteiger partial charge in [0.05, 0.1) is 10.9 Å². The molecule has 7 heteroatoms. The molecule has 2 aromatic heterocycles. The van der Waals surface area contributed by atoms with E-state index < -0.39 is 0 Å². The van der Waals surface area contributed by atoms with Crippen LogP contribution in [-0.2, 0) is 6.42 Å². The van der Waals surface area contributed by atoms with E-state index in [9.17, 15) is 5.11 Å². The summed E-state index contributed by atoms with van der Waals surface area (Å²) in [5, 5.41) is 16.1. The molecule has 0 bridgehead atoms. The van der Waals surface area contributed by atoms with Crippen molar-refractivity contribution < 1.29 is 5.11 Å². The molecule has 1 N–H and O–H groups in total. The van der Waals surface area contributed by atoms with Crippen LogP contribution in [0.4, 0.5) is 0 Å². The van der Waals surface area contributed by atoms with Gasteiger partial charge in [-0.15, -0.1) is 5.10 Å². The van der Waals surface area contributed by atoms with Gasteiger partial charge in [0.2, 0.25) is 10.8 Å². The predicted molar refractivity (Wildman–Crippen MR) is 110 cm³/mol. The first-order valence-corrected chi connectivity index (χ1v) is 10.7. The summed E-state index contributed by atoms with van der Waals surface area (Å²) >= 11 is 8.10. The Bertz CT molecular complexity index is 943. The average Bonchev–Trinajstić information content (AvgIpc) is 3.16. The zero-order chi connectivity index (χ0) is 19.1. The molecule has 3 atom stereocenters. The van der Waals surface area contributed by atoms with Crippen molar-refractivity contribution in [1.29, 1.82) is 0 Å². The minimum absolute atomic E-state index is 0.0949. The molecular formula is C20H25ClN4OS. The van der Waals surface area contributed by atoms with Crippen LogP contribution in [0.3, 0.4) is 0 Å². The molecule has 0 radical (unpaired) electrons. The van der Waals surface area contributed by atoms with Gasteiger partial charge < -0.3 is 5.11 Å². The SMILES string of the molecule is CCc1nc2sc(C(c3ccccc3Cl)N3CC(C)CC(C)C3)c(O)n2n1. The van der Waals surface area contributed by atoms with Gasteiger partial charge in [0, 0.05) is 24.5 Å². The lowest BCUT2D eigenvalue weighted by molar-refractivity contribution is 0.112. The summed E-state index contributed by atoms with van der Waals surface area (Å²) in [5.74, 6) is 2.14. The smallest absolute Gasteiger partial charge is 0.230 e. The van der Waals surface area contributed by atoms with Crippen LogP contribution in [0.1, 0.15) is 49.5 Å². The lowest BCUT2D eigenvalue weighted by Crippen LogP contribution is -2.41. The normalized spacial score (nSPS) is 22.4. The highest BCUT2D eigenvalue weighted by atomic mass is 35.5. The Morgan fingerprint density at radius 1 is 1.26 bits per heavy atom. The largest absolute Gasteiger partial charge is 0.492 e. The van der Waals surface area contributed by atoms with Crippen LogP contribution in [0, 0.1) is 11.8 Å². The summed E-state index contributed by atoms with van der Waals surface area (Å²) in [5.41, 5.74) is 1.02. The van der Waals surface area contributed by atoms with E-state index in [1.54, 1.807) is 4.52 Å². The topological polar surface area (TPSA) is 53.7 Å². The maximum Gasteiger partial charge on any atom is 0.230 e. The minimum atomic E-state index is -0.0949. The number of fused-ring (bicyclic) bond motifs is 1. The van der Waals surface area contributed by atoms with Gasteiger partial charge in [0.1, 0.15) is 0 Å². The fourth-order valence-corrected chi connectivity index (χ4v) is 5.61. The van der Waals surface area contributed by atoms with Crippen molar-refractivity contribution in [3.05, 3.63) is 45.6 Å². The second-order valence-electron chi connectivity index (χ2n) is 7.69. The van der Waals surface area contributed by atoms with Crippen molar-refractivity contribution in [2.24, 2.45) is 11.8 Å². The van der Waals surface area contributed by atoms with Crippen molar-refractivity contribution in [3.63, 3.8) is 0 Å². The molecule has 1 aliphatic rings. The van der Waals surface area contributed by atoms with Crippen LogP contribution in [0.5, 0.6) is 5.88 Å². The molecule has 3 unspecified atom stereocenters. The first kappa shape index (κ1) is 18.7. The van der Waals surface area contributed by atoms with E-state index in [0.717, 1.165) is 45.8 Å². The molecule has 0 amide bonds. The molecule has 3 heterocycles. The van der Waals surface area contributed by atoms with Crippen LogP contribution in [0.25, 0.3) is 4.96 Å². The van der Waals surface area contributed by atoms with Gasteiger partial charge in [-0.05, 0) is 29.9 Å². The number of thiazole rings is 1. The molecule has 3 aromatic rings. The molecule has 144 valence electrons. The van der Waals surface area contributed by atoms with Crippen LogP contribution in [-0.4, -0.2) is 37.7 Å². The number of piperidine rings is 1. The number of aromatic hydroxyl groups is 1. The van der Waals surface area contributed by atoms with Gasteiger partial charge >= 0.3 is 0 Å². The fraction of sp³-hybridized carbons (Fsp3) is 0.500. The van der Waals surface area contributed by atoms with Crippen molar-refractivity contribution in [1.82, 2.24) is 19.5 Å². The van der Waals surface area contributed by atoms with Gasteiger partial charge in [-0.1, -0.05) is 61.9 Å². The fourth-order valence-electron chi connectivity index (χ4n) is 4.24. The number of aryl methyl sites for hydroxylation is 1. The zero-order valence-corrected chi connectivity index (χ0v) is 17.5. The first-order valence-electron chi connectivity index (χ1n) is 9.53. The maximum absolute atomic E-state index is 11.0. The first-order chi connectivity index (χ1) is 13.0. The molecule has 1 aliphatic heterocycles. The van der Waals surface area contributed by atoms with E-state index in [4.69, 9.17) is 11.6 Å². The highest BCUT2D eigenvalue weighted by molar-refractivity contribution is 7.17. The van der Waals surface area contributed by atoms with E-state index in [1.165, 1.54) is 17.8 Å². The average molecular weight is 405 g/mol. The van der Waals surface area contributed by atoms with Gasteiger partial charge in [-0.2, -0.15) is 4.52 Å². The van der Waals surface area contributed by atoms with E-state index in [0.29, 0.717) is 11.8 Å². The summed E-state index contributed by atoms with van der Waals surface area (Å²) in [6, 6.07) is 7.84. The Labute approximate surface area is 168 Å². The number of halogens is 1. The van der Waals surface area contributed by atoms with Gasteiger partial charge in [0.15, 0.2) is 5.82 Å². The number of hydrogen-bond acceptors (Lipinski definition) is 5. The Morgan fingerprint density at radius 3 is 2.59 bits per heavy atom. The van der Waals surface area contributed by atoms with Crippen LogP contribution in [0.15, 0.2) is 24.3 Å². The predicted octanol–water partition coefficient (Wildman–Crippen LogP) is 4.78. The zero-order valence-electron chi connectivity index (χ0n) is 15.9. The third-order valence-corrected chi connectivity index (χ3v) is 6.69. The monoisotopic (exact) mass is 404 g/mol. The number of rotatable bonds is 4. The molecule has 1 fully saturated rings. The summed E-state index contributed by atoms with van der Waals surface area (Å²) in [6.07, 6.45) is 1.98. The van der Waals surface area contributed by atoms with E-state index in [2.05, 4.69) is 34.9 Å². The lowest BCUT2D eigenvalue weighted by atomic mass is 9.89. The third kappa shape index (κ3) is 3.46. The second kappa shape index (κ2) is 7.41. The Balaban J connectivity index is 1.84. The van der Waals surface area contributed by atoms with Crippen LogP contribution in [0.2, 0.25) is 5.02 Å². The van der Waals surface area contributed by atoms with Crippen LogP contribution >= 0.6 is 22.9 Å². The molecule has 27 heavy (non-hydrogen) atoms. The number of benzene rings is 1. The summed E-state index contributed by atoms with van der Waals surface area (Å²) in [4.78, 5) is 8.59. The lowest BCUT2D eigenvalue weighted by Gasteiger charge is -2.40. The summed E-state index contributed by atoms with van der Waals surface area (Å²) in [6.45, 7) is 8.56. The highest BCUT2D eigenvalue weighted by Gasteiger charge is 2.34. The van der Waals surface area contributed by atoms with Gasteiger partial charge in [-0.3, -0.25) is 4.90 Å². The number of likely N-dealkylation sites (tertiary alicyclic amines) is 1.